The van der Waals surface area contributed by atoms with Gasteiger partial charge in [0.05, 0.1) is 23.7 Å². The molecule has 0 bridgehead atoms. The average molecular weight is 720 g/mol. The van der Waals surface area contributed by atoms with Crippen molar-refractivity contribution < 1.29 is 62.9 Å². The summed E-state index contributed by atoms with van der Waals surface area (Å²) in [5.41, 5.74) is 1.08. The second-order valence-electron chi connectivity index (χ2n) is 18.3. The highest BCUT2D eigenvalue weighted by Gasteiger charge is 2.93. The third-order valence-corrected chi connectivity index (χ3v) is 15.6. The molecule has 8 fully saturated rings. The molecule has 3 heterocycles. The molecule has 8 aliphatic rings. The molecule has 0 aromatic heterocycles. The van der Waals surface area contributed by atoms with Crippen molar-refractivity contribution in [2.24, 2.45) is 69.3 Å². The van der Waals surface area contributed by atoms with Gasteiger partial charge in [-0.3, -0.25) is 14.4 Å². The molecule has 0 amide bonds. The Balaban J connectivity index is 1.41. The van der Waals surface area contributed by atoms with E-state index in [0.717, 1.165) is 0 Å². The summed E-state index contributed by atoms with van der Waals surface area (Å²) in [4.78, 5) is 53.8. The molecule has 5 saturated carbocycles. The Morgan fingerprint density at radius 3 is 2.18 bits per heavy atom. The van der Waals surface area contributed by atoms with Crippen molar-refractivity contribution >= 4 is 23.9 Å². The van der Waals surface area contributed by atoms with Crippen LogP contribution in [0.5, 0.6) is 0 Å². The van der Waals surface area contributed by atoms with Crippen LogP contribution in [0.15, 0.2) is 0 Å². The Labute approximate surface area is 297 Å². The van der Waals surface area contributed by atoms with Crippen LogP contribution < -0.4 is 5.73 Å². The molecule has 5 N–H and O–H groups in total. The number of aliphatic hydroxyl groups is 3. The average Bonchev–Trinajstić information content (AvgIpc) is 3.92. The summed E-state index contributed by atoms with van der Waals surface area (Å²) in [6.45, 7) is 15.1. The molecule has 0 radical (unpaired) electrons. The van der Waals surface area contributed by atoms with E-state index in [-0.39, 0.29) is 18.4 Å². The predicted octanol–water partition coefficient (Wildman–Crippen LogP) is 0.837. The SMILES string of the molecule is CC(=O)O[C@H]1C2C([C@@H](O)[C@@H](N)[C@H]3C[C@@H]4O[C@@H]4[C@H](O)[C@]23C)[C@@H]2[C@@H](OC(=O)CC(C)C)[C@@H]3[C@H]([C@H](C)[C@H]4O[C@]45OC(=O)[C@@](C)(O)[C@]35C)[C@@]2(C)[C@H]1OC(C)=O. The lowest BCUT2D eigenvalue weighted by Crippen LogP contribution is -2.76. The van der Waals surface area contributed by atoms with Gasteiger partial charge in [-0.1, -0.05) is 34.6 Å². The van der Waals surface area contributed by atoms with E-state index in [1.165, 1.54) is 20.8 Å². The van der Waals surface area contributed by atoms with Gasteiger partial charge in [0.15, 0.2) is 5.60 Å². The van der Waals surface area contributed by atoms with Crippen LogP contribution in [-0.4, -0.2) is 105 Å². The molecule has 1 spiro atoms. The first-order valence-electron chi connectivity index (χ1n) is 18.6. The molecule has 3 aliphatic heterocycles. The third-order valence-electron chi connectivity index (χ3n) is 15.6. The lowest BCUT2D eigenvalue weighted by molar-refractivity contribution is -0.284. The zero-order chi connectivity index (χ0) is 37.3. The maximum atomic E-state index is 13.9. The first kappa shape index (κ1) is 35.7. The van der Waals surface area contributed by atoms with Gasteiger partial charge in [0, 0.05) is 60.8 Å². The van der Waals surface area contributed by atoms with E-state index in [1.807, 2.05) is 34.6 Å². The number of aliphatic hydroxyl groups excluding tert-OH is 2. The molecular weight excluding hydrogens is 666 g/mol. The van der Waals surface area contributed by atoms with Gasteiger partial charge in [0.1, 0.15) is 30.5 Å². The van der Waals surface area contributed by atoms with Crippen molar-refractivity contribution in [2.45, 2.75) is 141 Å². The van der Waals surface area contributed by atoms with E-state index in [1.54, 1.807) is 6.92 Å². The highest BCUT2D eigenvalue weighted by molar-refractivity contribution is 5.84. The second-order valence-corrected chi connectivity index (χ2v) is 18.3. The minimum Gasteiger partial charge on any atom is -0.462 e. The third kappa shape index (κ3) is 4.10. The monoisotopic (exact) mass is 719 g/mol. The molecule has 51 heavy (non-hydrogen) atoms. The van der Waals surface area contributed by atoms with Crippen molar-refractivity contribution in [3.8, 4) is 0 Å². The van der Waals surface area contributed by atoms with Gasteiger partial charge in [-0.05, 0) is 43.9 Å². The number of esters is 4. The van der Waals surface area contributed by atoms with Crippen LogP contribution in [0, 0.1) is 63.6 Å². The van der Waals surface area contributed by atoms with Gasteiger partial charge in [-0.2, -0.15) is 0 Å². The molecule has 5 aliphatic carbocycles. The van der Waals surface area contributed by atoms with Gasteiger partial charge in [-0.15, -0.1) is 0 Å². The van der Waals surface area contributed by atoms with E-state index in [2.05, 4.69) is 0 Å². The Bertz CT molecular complexity index is 1570. The Morgan fingerprint density at radius 2 is 1.57 bits per heavy atom. The topological polar surface area (TPSA) is 217 Å². The molecule has 21 atom stereocenters. The maximum absolute atomic E-state index is 13.9. The number of carbonyl (C=O) groups is 4. The van der Waals surface area contributed by atoms with Crippen LogP contribution in [-0.2, 0) is 47.6 Å². The van der Waals surface area contributed by atoms with Crippen LogP contribution in [0.2, 0.25) is 0 Å². The number of ether oxygens (including phenoxy) is 6. The normalized spacial score (nSPS) is 58.4. The maximum Gasteiger partial charge on any atom is 0.341 e. The summed E-state index contributed by atoms with van der Waals surface area (Å²) in [5.74, 6) is -9.12. The van der Waals surface area contributed by atoms with Crippen molar-refractivity contribution in [2.75, 3.05) is 0 Å². The number of rotatable bonds is 5. The van der Waals surface area contributed by atoms with E-state index >= 15 is 0 Å². The summed E-state index contributed by atoms with van der Waals surface area (Å²) in [6.07, 6.45) is -6.58. The minimum absolute atomic E-state index is 0.0672. The summed E-state index contributed by atoms with van der Waals surface area (Å²) in [6, 6.07) is -0.853. The van der Waals surface area contributed by atoms with Gasteiger partial charge in [0.2, 0.25) is 5.79 Å². The molecular formula is C37H53NO13. The van der Waals surface area contributed by atoms with Gasteiger partial charge < -0.3 is 49.5 Å². The lowest BCUT2D eigenvalue weighted by atomic mass is 9.40. The van der Waals surface area contributed by atoms with Crippen LogP contribution in [0.3, 0.4) is 0 Å². The number of nitrogens with two attached hydrogens (primary N) is 1. The number of fused-ring (bicyclic) bond motifs is 9. The highest BCUT2D eigenvalue weighted by Crippen LogP contribution is 2.81. The largest absolute Gasteiger partial charge is 0.462 e. The Morgan fingerprint density at radius 1 is 0.941 bits per heavy atom. The van der Waals surface area contributed by atoms with Crippen molar-refractivity contribution in [1.29, 1.82) is 0 Å². The first-order valence-corrected chi connectivity index (χ1v) is 18.6. The fourth-order valence-electron chi connectivity index (χ4n) is 13.5. The first-order chi connectivity index (χ1) is 23.6. The molecule has 3 saturated heterocycles. The van der Waals surface area contributed by atoms with E-state index in [4.69, 9.17) is 34.2 Å². The number of hydrogen-bond acceptors (Lipinski definition) is 14. The van der Waals surface area contributed by atoms with Crippen LogP contribution in [0.4, 0.5) is 0 Å². The minimum atomic E-state index is -2.10. The quantitative estimate of drug-likeness (QED) is 0.176. The Hall–Kier alpha value is -2.36. The molecule has 0 aromatic rings. The van der Waals surface area contributed by atoms with E-state index < -0.39 is 142 Å². The standard InChI is InChI=1S/C37H53NO13/c1-12(2)10-18(41)49-27-21-19-22(33(6)16(24(38)25(19)42)11-17-26(48-17)29(33)43)28(46-14(4)39)31(47-15(5)40)34(21,7)20-13(3)30-37(50-30)35(8,23(20)27)36(9,45)32(44)51-37/h12-13,16-17,19-31,42-43,45H,10-11,38H2,1-9H3/t13-,16+,17-,19?,20-,21+,22?,23-,24-,25+,26-,27+,28-,29-,30+,31-,33-,34+,35-,36+,37-/m0/s1. The highest BCUT2D eigenvalue weighted by atomic mass is 16.8. The van der Waals surface area contributed by atoms with Gasteiger partial charge >= 0.3 is 23.9 Å². The molecule has 2 unspecified atom stereocenters. The van der Waals surface area contributed by atoms with Crippen molar-refractivity contribution in [3.63, 3.8) is 0 Å². The van der Waals surface area contributed by atoms with E-state index in [0.29, 0.717) is 6.42 Å². The zero-order valence-corrected chi connectivity index (χ0v) is 30.7. The van der Waals surface area contributed by atoms with Gasteiger partial charge in [0.25, 0.3) is 0 Å². The number of carbonyl (C=O) groups excluding carboxylic acids is 4. The number of hydrogen-bond donors (Lipinski definition) is 4. The van der Waals surface area contributed by atoms with Crippen LogP contribution in [0.25, 0.3) is 0 Å². The molecule has 0 aromatic carbocycles. The molecule has 8 rings (SSSR count). The summed E-state index contributed by atoms with van der Waals surface area (Å²) in [5, 5.41) is 36.8. The lowest BCUT2D eigenvalue weighted by Gasteiger charge is -2.67. The fraction of sp³-hybridized carbons (Fsp3) is 0.892. The second kappa shape index (κ2) is 10.7. The smallest absolute Gasteiger partial charge is 0.341 e. The Kier molecular flexibility index (Phi) is 7.45. The van der Waals surface area contributed by atoms with Crippen molar-refractivity contribution in [3.05, 3.63) is 0 Å². The fourth-order valence-corrected chi connectivity index (χ4v) is 13.5. The van der Waals surface area contributed by atoms with E-state index in [9.17, 15) is 34.5 Å². The summed E-state index contributed by atoms with van der Waals surface area (Å²) in [7, 11) is 0. The molecule has 14 nitrogen and oxygen atoms in total. The molecule has 14 heteroatoms. The van der Waals surface area contributed by atoms with Crippen LogP contribution in [0.1, 0.15) is 75.2 Å². The van der Waals surface area contributed by atoms with Crippen molar-refractivity contribution in [1.82, 2.24) is 0 Å². The summed E-state index contributed by atoms with van der Waals surface area (Å²) < 4.78 is 37.3. The number of epoxide rings is 2. The summed E-state index contributed by atoms with van der Waals surface area (Å²) >= 11 is 0. The predicted molar refractivity (Wildman–Crippen MR) is 172 cm³/mol. The van der Waals surface area contributed by atoms with Crippen LogP contribution >= 0.6 is 0 Å². The van der Waals surface area contributed by atoms with Gasteiger partial charge in [-0.25, -0.2) is 4.79 Å². The zero-order valence-electron chi connectivity index (χ0n) is 30.7. The molecule has 284 valence electrons.